The highest BCUT2D eigenvalue weighted by Gasteiger charge is 2.45. The fraction of sp³-hybridized carbons (Fsp3) is 0.667. The smallest absolute Gasteiger partial charge is 0.258 e. The van der Waals surface area contributed by atoms with Gasteiger partial charge in [-0.25, -0.2) is 0 Å². The van der Waals surface area contributed by atoms with Crippen molar-refractivity contribution in [3.05, 3.63) is 29.3 Å². The Hall–Kier alpha value is -2.08. The van der Waals surface area contributed by atoms with Gasteiger partial charge in [0.2, 0.25) is 5.91 Å². The first-order valence-corrected chi connectivity index (χ1v) is 11.4. The van der Waals surface area contributed by atoms with Crippen LogP contribution in [0.5, 0.6) is 5.75 Å². The molecule has 0 saturated carbocycles. The molecule has 1 spiro atoms. The van der Waals surface area contributed by atoms with Crippen LogP contribution in [0.15, 0.2) is 18.2 Å². The van der Waals surface area contributed by atoms with Crippen LogP contribution in [0.3, 0.4) is 0 Å². The van der Waals surface area contributed by atoms with E-state index in [2.05, 4.69) is 18.9 Å². The van der Waals surface area contributed by atoms with Crippen LogP contribution in [0, 0.1) is 12.8 Å². The molecule has 30 heavy (non-hydrogen) atoms. The predicted molar refractivity (Wildman–Crippen MR) is 117 cm³/mol. The molecule has 6 nitrogen and oxygen atoms in total. The lowest BCUT2D eigenvalue weighted by atomic mass is 9.90. The number of carbonyl (C=O) groups excluding carboxylic acids is 2. The van der Waals surface area contributed by atoms with E-state index in [9.17, 15) is 9.59 Å². The Kier molecular flexibility index (Phi) is 5.80. The van der Waals surface area contributed by atoms with Crippen molar-refractivity contribution in [3.8, 4) is 5.75 Å². The van der Waals surface area contributed by atoms with Crippen molar-refractivity contribution in [1.82, 2.24) is 14.7 Å². The van der Waals surface area contributed by atoms with Crippen LogP contribution in [0.1, 0.15) is 55.5 Å². The maximum atomic E-state index is 13.6. The third-order valence-electron chi connectivity index (χ3n) is 7.23. The number of aryl methyl sites for hydroxylation is 1. The lowest BCUT2D eigenvalue weighted by Crippen LogP contribution is -2.58. The summed E-state index contributed by atoms with van der Waals surface area (Å²) in [6, 6.07) is 5.33. The van der Waals surface area contributed by atoms with Crippen molar-refractivity contribution in [3.63, 3.8) is 0 Å². The van der Waals surface area contributed by atoms with E-state index in [-0.39, 0.29) is 11.8 Å². The molecule has 2 fully saturated rings. The number of hydrogen-bond acceptors (Lipinski definition) is 4. The monoisotopic (exact) mass is 413 g/mol. The standard InChI is InChI=1S/C24H35N3O3/c1-17-7-11-26(12-8-17)22(28)19(3)27-16-24(9-13-25(4)14-10-24)30-21-6-5-18(2)15-20(21)23(27)29/h5-6,15,17,19H,7-14,16H2,1-4H3. The fourth-order valence-corrected chi connectivity index (χ4v) is 4.93. The van der Waals surface area contributed by atoms with Gasteiger partial charge in [0, 0.05) is 39.0 Å². The van der Waals surface area contributed by atoms with E-state index in [0.29, 0.717) is 23.8 Å². The van der Waals surface area contributed by atoms with Crippen LogP contribution < -0.4 is 4.74 Å². The summed E-state index contributed by atoms with van der Waals surface area (Å²) < 4.78 is 6.56. The van der Waals surface area contributed by atoms with Gasteiger partial charge >= 0.3 is 0 Å². The fourth-order valence-electron chi connectivity index (χ4n) is 4.93. The highest BCUT2D eigenvalue weighted by molar-refractivity contribution is 6.00. The average Bonchev–Trinajstić information content (AvgIpc) is 2.85. The van der Waals surface area contributed by atoms with Crippen molar-refractivity contribution in [2.45, 2.75) is 58.1 Å². The average molecular weight is 414 g/mol. The zero-order valence-electron chi connectivity index (χ0n) is 18.8. The molecule has 0 bridgehead atoms. The number of piperidine rings is 2. The first-order valence-electron chi connectivity index (χ1n) is 11.4. The summed E-state index contributed by atoms with van der Waals surface area (Å²) in [5, 5.41) is 0. The SMILES string of the molecule is Cc1ccc2c(c1)C(=O)N(C(C)C(=O)N1CCC(C)CC1)CC1(CCN(C)CC1)O2. The van der Waals surface area contributed by atoms with Crippen LogP contribution in [0.4, 0.5) is 0 Å². The van der Waals surface area contributed by atoms with Crippen LogP contribution in [-0.2, 0) is 4.79 Å². The Labute approximate surface area is 180 Å². The minimum atomic E-state index is -0.488. The van der Waals surface area contributed by atoms with Gasteiger partial charge in [-0.2, -0.15) is 0 Å². The molecule has 164 valence electrons. The van der Waals surface area contributed by atoms with Crippen LogP contribution in [-0.4, -0.2) is 77.9 Å². The maximum absolute atomic E-state index is 13.6. The molecule has 3 heterocycles. The van der Waals surface area contributed by atoms with Crippen LogP contribution in [0.2, 0.25) is 0 Å². The molecule has 1 aromatic rings. The van der Waals surface area contributed by atoms with Gasteiger partial charge in [-0.1, -0.05) is 18.6 Å². The van der Waals surface area contributed by atoms with Crippen molar-refractivity contribution in [1.29, 1.82) is 0 Å². The summed E-state index contributed by atoms with van der Waals surface area (Å²) in [7, 11) is 2.12. The molecule has 0 N–H and O–H groups in total. The number of benzene rings is 1. The second-order valence-electron chi connectivity index (χ2n) is 9.70. The third-order valence-corrected chi connectivity index (χ3v) is 7.23. The molecule has 1 unspecified atom stereocenters. The topological polar surface area (TPSA) is 53.1 Å². The number of fused-ring (bicyclic) bond motifs is 1. The van der Waals surface area contributed by atoms with E-state index < -0.39 is 11.6 Å². The predicted octanol–water partition coefficient (Wildman–Crippen LogP) is 2.94. The molecule has 1 aromatic carbocycles. The molecular formula is C24H35N3O3. The Morgan fingerprint density at radius 2 is 1.83 bits per heavy atom. The van der Waals surface area contributed by atoms with Gasteiger partial charge < -0.3 is 19.4 Å². The first kappa shape index (κ1) is 21.2. The molecule has 0 aliphatic carbocycles. The summed E-state index contributed by atoms with van der Waals surface area (Å²) in [5.74, 6) is 1.30. The van der Waals surface area contributed by atoms with E-state index in [0.717, 1.165) is 57.4 Å². The minimum absolute atomic E-state index is 0.0643. The van der Waals surface area contributed by atoms with Crippen LogP contribution >= 0.6 is 0 Å². The summed E-state index contributed by atoms with van der Waals surface area (Å²) in [6.07, 6.45) is 3.77. The lowest BCUT2D eigenvalue weighted by molar-refractivity contribution is -0.137. The molecule has 3 aliphatic heterocycles. The van der Waals surface area contributed by atoms with E-state index in [1.165, 1.54) is 0 Å². The highest BCUT2D eigenvalue weighted by atomic mass is 16.5. The van der Waals surface area contributed by atoms with Gasteiger partial charge in [-0.05, 0) is 51.8 Å². The number of carbonyl (C=O) groups is 2. The quantitative estimate of drug-likeness (QED) is 0.748. The highest BCUT2D eigenvalue weighted by Crippen LogP contribution is 2.36. The van der Waals surface area contributed by atoms with Gasteiger partial charge in [0.25, 0.3) is 5.91 Å². The number of nitrogens with zero attached hydrogens (tertiary/aromatic N) is 3. The Bertz CT molecular complexity index is 808. The molecule has 0 aromatic heterocycles. The number of hydrogen-bond donors (Lipinski definition) is 0. The number of amides is 2. The second kappa shape index (κ2) is 8.22. The van der Waals surface area contributed by atoms with Gasteiger partial charge in [0.05, 0.1) is 12.1 Å². The van der Waals surface area contributed by atoms with E-state index >= 15 is 0 Å². The Balaban J connectivity index is 1.65. The van der Waals surface area contributed by atoms with Crippen molar-refractivity contribution in [2.75, 3.05) is 39.8 Å². The molecule has 6 heteroatoms. The van der Waals surface area contributed by atoms with E-state index in [1.807, 2.05) is 36.9 Å². The zero-order chi connectivity index (χ0) is 21.5. The molecule has 3 aliphatic rings. The summed E-state index contributed by atoms with van der Waals surface area (Å²) in [5.41, 5.74) is 1.17. The third kappa shape index (κ3) is 4.07. The van der Waals surface area contributed by atoms with Gasteiger partial charge in [0.15, 0.2) is 0 Å². The van der Waals surface area contributed by atoms with Gasteiger partial charge in [0.1, 0.15) is 17.4 Å². The number of likely N-dealkylation sites (tertiary alicyclic amines) is 2. The van der Waals surface area contributed by atoms with Gasteiger partial charge in [-0.3, -0.25) is 9.59 Å². The van der Waals surface area contributed by atoms with Crippen LogP contribution in [0.25, 0.3) is 0 Å². The molecule has 4 rings (SSSR count). The van der Waals surface area contributed by atoms with E-state index in [4.69, 9.17) is 4.74 Å². The Morgan fingerprint density at radius 1 is 1.17 bits per heavy atom. The molecule has 1 atom stereocenters. The summed E-state index contributed by atoms with van der Waals surface area (Å²) in [4.78, 5) is 33.0. The second-order valence-corrected chi connectivity index (χ2v) is 9.70. The molecule has 2 amide bonds. The largest absolute Gasteiger partial charge is 0.484 e. The molecule has 2 saturated heterocycles. The number of rotatable bonds is 2. The summed E-state index contributed by atoms with van der Waals surface area (Å²) >= 11 is 0. The zero-order valence-corrected chi connectivity index (χ0v) is 18.8. The van der Waals surface area contributed by atoms with Crippen molar-refractivity contribution < 1.29 is 14.3 Å². The van der Waals surface area contributed by atoms with Crippen molar-refractivity contribution >= 4 is 11.8 Å². The molecular weight excluding hydrogens is 378 g/mol. The number of ether oxygens (including phenoxy) is 1. The van der Waals surface area contributed by atoms with E-state index in [1.54, 1.807) is 4.90 Å². The first-order chi connectivity index (χ1) is 14.3. The minimum Gasteiger partial charge on any atom is -0.484 e. The molecule has 0 radical (unpaired) electrons. The Morgan fingerprint density at radius 3 is 2.50 bits per heavy atom. The van der Waals surface area contributed by atoms with Crippen molar-refractivity contribution in [2.24, 2.45) is 5.92 Å². The normalized spacial score (nSPS) is 23.7. The van der Waals surface area contributed by atoms with Gasteiger partial charge in [-0.15, -0.1) is 0 Å². The summed E-state index contributed by atoms with van der Waals surface area (Å²) in [6.45, 7) is 10.0. The lowest BCUT2D eigenvalue weighted by Gasteiger charge is -2.43. The maximum Gasteiger partial charge on any atom is 0.258 e.